The second-order valence-electron chi connectivity index (χ2n) is 7.12. The molecule has 0 bridgehead atoms. The molecular formula is C25H20FNO3. The summed E-state index contributed by atoms with van der Waals surface area (Å²) in [7, 11) is 0. The van der Waals surface area contributed by atoms with Crippen molar-refractivity contribution in [2.45, 2.75) is 19.4 Å². The molecule has 1 aromatic heterocycles. The van der Waals surface area contributed by atoms with Crippen LogP contribution in [0.1, 0.15) is 35.7 Å². The van der Waals surface area contributed by atoms with Gasteiger partial charge >= 0.3 is 5.97 Å². The van der Waals surface area contributed by atoms with Crippen molar-refractivity contribution >= 4 is 23.1 Å². The number of H-pyrrole nitrogens is 1. The molecule has 0 saturated carbocycles. The summed E-state index contributed by atoms with van der Waals surface area (Å²) in [6.45, 7) is 1.73. The van der Waals surface area contributed by atoms with E-state index in [1.165, 1.54) is 12.3 Å². The van der Waals surface area contributed by atoms with Crippen molar-refractivity contribution in [2.24, 2.45) is 0 Å². The average molecular weight is 402 g/mol. The molecule has 0 fully saturated rings. The molecule has 3 aromatic carbocycles. The quantitative estimate of drug-likeness (QED) is 0.336. The van der Waals surface area contributed by atoms with E-state index in [4.69, 9.17) is 6.11 Å². The monoisotopic (exact) mass is 402 g/mol. The molecule has 4 rings (SSSR count). The number of aldehydes is 1. The van der Waals surface area contributed by atoms with Crippen LogP contribution in [0.5, 0.6) is 0 Å². The van der Waals surface area contributed by atoms with Crippen molar-refractivity contribution < 1.29 is 20.1 Å². The van der Waals surface area contributed by atoms with Crippen LogP contribution in [0.15, 0.2) is 72.9 Å². The van der Waals surface area contributed by atoms with Gasteiger partial charge in [0.2, 0.25) is 0 Å². The first-order valence-electron chi connectivity index (χ1n) is 10.1. The number of aromatic nitrogens is 1. The summed E-state index contributed by atoms with van der Waals surface area (Å²) >= 11 is 0. The number of hydrogen-bond donors (Lipinski definition) is 1. The highest BCUT2D eigenvalue weighted by atomic mass is 19.1. The maximum Gasteiger partial charge on any atom is 0.313 e. The maximum atomic E-state index is 14.6. The van der Waals surface area contributed by atoms with Crippen LogP contribution in [-0.4, -0.2) is 17.2 Å². The van der Waals surface area contributed by atoms with Gasteiger partial charge in [-0.3, -0.25) is 9.59 Å². The van der Waals surface area contributed by atoms with E-state index < -0.39 is 18.1 Å². The zero-order valence-corrected chi connectivity index (χ0v) is 16.3. The van der Waals surface area contributed by atoms with E-state index in [0.717, 1.165) is 11.1 Å². The number of aromatic amines is 1. The molecule has 150 valence electrons. The molecule has 4 nitrogen and oxygen atoms in total. The molecule has 0 radical (unpaired) electrons. The number of halogens is 1. The van der Waals surface area contributed by atoms with Gasteiger partial charge in [0.25, 0.3) is 0 Å². The van der Waals surface area contributed by atoms with Crippen LogP contribution in [-0.2, 0) is 16.1 Å². The molecule has 30 heavy (non-hydrogen) atoms. The Morgan fingerprint density at radius 1 is 1.17 bits per heavy atom. The average Bonchev–Trinajstić information content (AvgIpc) is 3.21. The number of carbonyl (C=O) groups is 2. The standard InChI is InChI=1S/C25H20FNO3/c1-16(19-8-10-21(23(26)12-19)18-5-3-2-4-6-18)25(29)30-15-17-7-9-22-20(14-28)13-27-24(22)11-17/h2-14,16,27H,15H2,1H3/i14D. The lowest BCUT2D eigenvalue weighted by Gasteiger charge is -2.13. The van der Waals surface area contributed by atoms with Crippen molar-refractivity contribution in [3.8, 4) is 11.1 Å². The third kappa shape index (κ3) is 3.87. The lowest BCUT2D eigenvalue weighted by atomic mass is 9.97. The predicted molar refractivity (Wildman–Crippen MR) is 114 cm³/mol. The van der Waals surface area contributed by atoms with Crippen LogP contribution in [0.4, 0.5) is 4.39 Å². The lowest BCUT2D eigenvalue weighted by molar-refractivity contribution is -0.146. The summed E-state index contributed by atoms with van der Waals surface area (Å²) in [6, 6.07) is 19.3. The number of rotatable bonds is 6. The Bertz CT molecular complexity index is 1270. The highest BCUT2D eigenvalue weighted by Gasteiger charge is 2.19. The summed E-state index contributed by atoms with van der Waals surface area (Å²) in [6.07, 6.45) is 0.732. The normalized spacial score (nSPS) is 12.4. The van der Waals surface area contributed by atoms with Gasteiger partial charge in [-0.15, -0.1) is 0 Å². The number of benzene rings is 3. The highest BCUT2D eigenvalue weighted by molar-refractivity contribution is 5.97. The lowest BCUT2D eigenvalue weighted by Crippen LogP contribution is -2.13. The predicted octanol–water partition coefficient (Wildman–Crippen LogP) is 5.63. The van der Waals surface area contributed by atoms with Gasteiger partial charge < -0.3 is 9.72 Å². The Labute approximate surface area is 174 Å². The summed E-state index contributed by atoms with van der Waals surface area (Å²) < 4.78 is 27.3. The number of nitrogens with one attached hydrogen (secondary N) is 1. The van der Waals surface area contributed by atoms with E-state index in [0.29, 0.717) is 27.6 Å². The third-order valence-corrected chi connectivity index (χ3v) is 5.17. The molecule has 1 N–H and O–H groups in total. The number of ether oxygens (including phenoxy) is 1. The van der Waals surface area contributed by atoms with E-state index in [9.17, 15) is 14.0 Å². The van der Waals surface area contributed by atoms with Gasteiger partial charge in [-0.1, -0.05) is 54.6 Å². The Balaban J connectivity index is 1.44. The molecule has 0 aliphatic heterocycles. The molecule has 0 saturated heterocycles. The minimum Gasteiger partial charge on any atom is -0.460 e. The zero-order chi connectivity index (χ0) is 22.0. The molecule has 4 aromatic rings. The maximum absolute atomic E-state index is 14.6. The topological polar surface area (TPSA) is 59.2 Å². The van der Waals surface area contributed by atoms with Crippen LogP contribution >= 0.6 is 0 Å². The van der Waals surface area contributed by atoms with Gasteiger partial charge in [-0.05, 0) is 35.7 Å². The fourth-order valence-electron chi connectivity index (χ4n) is 3.42. The molecule has 0 spiro atoms. The molecule has 0 aliphatic carbocycles. The molecule has 0 amide bonds. The fourth-order valence-corrected chi connectivity index (χ4v) is 3.42. The Kier molecular flexibility index (Phi) is 5.08. The van der Waals surface area contributed by atoms with Crippen LogP contribution in [0.2, 0.25) is 0 Å². The SMILES string of the molecule is [2H]C(=O)c1c[nH]c2cc(COC(=O)C(C)c3ccc(-c4ccccc4)c(F)c3)ccc12. The van der Waals surface area contributed by atoms with Crippen molar-refractivity contribution in [2.75, 3.05) is 0 Å². The van der Waals surface area contributed by atoms with Gasteiger partial charge in [0.1, 0.15) is 13.8 Å². The van der Waals surface area contributed by atoms with Crippen molar-refractivity contribution in [1.82, 2.24) is 4.98 Å². The molecule has 0 aliphatic rings. The smallest absolute Gasteiger partial charge is 0.313 e. The number of fused-ring (bicyclic) bond motifs is 1. The van der Waals surface area contributed by atoms with E-state index in [-0.39, 0.29) is 12.4 Å². The van der Waals surface area contributed by atoms with Gasteiger partial charge in [0.15, 0.2) is 6.26 Å². The number of carbonyl (C=O) groups excluding carboxylic acids is 2. The number of esters is 1. The van der Waals surface area contributed by atoms with Crippen LogP contribution in [0.3, 0.4) is 0 Å². The van der Waals surface area contributed by atoms with E-state index >= 15 is 0 Å². The van der Waals surface area contributed by atoms with E-state index in [1.54, 1.807) is 37.3 Å². The van der Waals surface area contributed by atoms with E-state index in [2.05, 4.69) is 4.98 Å². The molecule has 1 atom stereocenters. The largest absolute Gasteiger partial charge is 0.460 e. The van der Waals surface area contributed by atoms with Gasteiger partial charge in [0, 0.05) is 28.2 Å². The first-order valence-corrected chi connectivity index (χ1v) is 9.56. The van der Waals surface area contributed by atoms with Crippen LogP contribution in [0.25, 0.3) is 22.0 Å². The first kappa shape index (κ1) is 18.3. The summed E-state index contributed by atoms with van der Waals surface area (Å²) in [5.74, 6) is -1.47. The molecule has 1 heterocycles. The first-order chi connectivity index (χ1) is 14.9. The van der Waals surface area contributed by atoms with Gasteiger partial charge in [-0.2, -0.15) is 0 Å². The highest BCUT2D eigenvalue weighted by Crippen LogP contribution is 2.27. The Hall–Kier alpha value is -3.73. The minimum absolute atomic E-state index is 0.0485. The van der Waals surface area contributed by atoms with Crippen molar-refractivity contribution in [1.29, 1.82) is 0 Å². The second-order valence-corrected chi connectivity index (χ2v) is 7.12. The number of hydrogen-bond acceptors (Lipinski definition) is 3. The molecular weight excluding hydrogens is 381 g/mol. The zero-order valence-electron chi connectivity index (χ0n) is 17.3. The Morgan fingerprint density at radius 2 is 1.97 bits per heavy atom. The van der Waals surface area contributed by atoms with Crippen molar-refractivity contribution in [3.05, 3.63) is 95.4 Å². The van der Waals surface area contributed by atoms with E-state index in [1.807, 2.05) is 30.3 Å². The molecule has 5 heteroatoms. The minimum atomic E-state index is -0.759. The fraction of sp³-hybridized carbons (Fsp3) is 0.120. The summed E-state index contributed by atoms with van der Waals surface area (Å²) in [4.78, 5) is 26.8. The van der Waals surface area contributed by atoms with Crippen LogP contribution < -0.4 is 0 Å². The van der Waals surface area contributed by atoms with Gasteiger partial charge in [-0.25, -0.2) is 4.39 Å². The van der Waals surface area contributed by atoms with Gasteiger partial charge in [0.05, 0.1) is 5.92 Å². The van der Waals surface area contributed by atoms with Crippen molar-refractivity contribution in [3.63, 3.8) is 0 Å². The Morgan fingerprint density at radius 3 is 2.70 bits per heavy atom. The van der Waals surface area contributed by atoms with Crippen LogP contribution in [0, 0.1) is 5.82 Å². The molecule has 1 unspecified atom stereocenters. The summed E-state index contributed by atoms with van der Waals surface area (Å²) in [5, 5.41) is 0.650. The third-order valence-electron chi connectivity index (χ3n) is 5.17. The summed E-state index contributed by atoms with van der Waals surface area (Å²) in [5.41, 5.74) is 3.53. The second kappa shape index (κ2) is 8.33.